The van der Waals surface area contributed by atoms with Gasteiger partial charge in [-0.2, -0.15) is 0 Å². The van der Waals surface area contributed by atoms with Crippen LogP contribution in [0.2, 0.25) is 0 Å². The summed E-state index contributed by atoms with van der Waals surface area (Å²) in [5.74, 6) is 0. The molecular formula is C72H48N2. The Morgan fingerprint density at radius 2 is 0.500 bits per heavy atom. The second-order valence-corrected chi connectivity index (χ2v) is 19.3. The molecular weight excluding hydrogens is 893 g/mol. The maximum atomic E-state index is 2.43. The number of rotatable bonds is 9. The lowest BCUT2D eigenvalue weighted by atomic mass is 9.92. The van der Waals surface area contributed by atoms with Gasteiger partial charge in [-0.3, -0.25) is 0 Å². The largest absolute Gasteiger partial charge is 0.309 e. The topological polar surface area (TPSA) is 9.86 Å². The molecule has 12 aromatic carbocycles. The molecule has 346 valence electrons. The van der Waals surface area contributed by atoms with Crippen LogP contribution in [0.5, 0.6) is 0 Å². The fraction of sp³-hybridized carbons (Fsp3) is 0. The van der Waals surface area contributed by atoms with Gasteiger partial charge in [0.15, 0.2) is 0 Å². The number of para-hydroxylation sites is 2. The lowest BCUT2D eigenvalue weighted by Gasteiger charge is -2.14. The second-order valence-electron chi connectivity index (χ2n) is 19.3. The molecule has 14 rings (SSSR count). The van der Waals surface area contributed by atoms with E-state index in [1.165, 1.54) is 122 Å². The molecule has 0 amide bonds. The Bertz CT molecular complexity index is 4390. The molecule has 0 atom stereocenters. The van der Waals surface area contributed by atoms with E-state index in [1.807, 2.05) is 0 Å². The molecule has 0 fully saturated rings. The zero-order valence-electron chi connectivity index (χ0n) is 40.6. The number of fused-ring (bicyclic) bond motifs is 6. The van der Waals surface area contributed by atoms with Crippen molar-refractivity contribution in [3.8, 4) is 89.3 Å². The highest BCUT2D eigenvalue weighted by atomic mass is 15.0. The number of aromatic nitrogens is 2. The molecule has 0 radical (unpaired) electrons. The minimum Gasteiger partial charge on any atom is -0.309 e. The second kappa shape index (κ2) is 18.1. The van der Waals surface area contributed by atoms with Gasteiger partial charge in [0.2, 0.25) is 0 Å². The van der Waals surface area contributed by atoms with Crippen molar-refractivity contribution in [3.63, 3.8) is 0 Å². The Morgan fingerprint density at radius 3 is 1.07 bits per heavy atom. The summed E-state index contributed by atoms with van der Waals surface area (Å²) >= 11 is 0. The van der Waals surface area contributed by atoms with Crippen LogP contribution in [0.25, 0.3) is 133 Å². The van der Waals surface area contributed by atoms with Crippen LogP contribution in [0.3, 0.4) is 0 Å². The smallest absolute Gasteiger partial charge is 0.0541 e. The zero-order valence-corrected chi connectivity index (χ0v) is 40.6. The minimum atomic E-state index is 1.13. The fourth-order valence-electron chi connectivity index (χ4n) is 11.3. The van der Waals surface area contributed by atoms with Gasteiger partial charge in [-0.15, -0.1) is 0 Å². The average molecular weight is 941 g/mol. The van der Waals surface area contributed by atoms with Crippen molar-refractivity contribution >= 4 is 43.6 Å². The minimum absolute atomic E-state index is 1.13. The van der Waals surface area contributed by atoms with E-state index >= 15 is 0 Å². The van der Waals surface area contributed by atoms with Crippen LogP contribution in [0.1, 0.15) is 0 Å². The first-order valence-electron chi connectivity index (χ1n) is 25.5. The fourth-order valence-corrected chi connectivity index (χ4v) is 11.3. The normalized spacial score (nSPS) is 11.5. The van der Waals surface area contributed by atoms with E-state index in [2.05, 4.69) is 300 Å². The highest BCUT2D eigenvalue weighted by molar-refractivity contribution is 6.13. The lowest BCUT2D eigenvalue weighted by molar-refractivity contribution is 1.18. The third-order valence-corrected chi connectivity index (χ3v) is 14.9. The quantitative estimate of drug-likeness (QED) is 0.136. The average Bonchev–Trinajstić information content (AvgIpc) is 4.02. The number of hydrogen-bond acceptors (Lipinski definition) is 0. The molecule has 74 heavy (non-hydrogen) atoms. The van der Waals surface area contributed by atoms with Gasteiger partial charge in [-0.1, -0.05) is 218 Å². The van der Waals surface area contributed by atoms with Crippen molar-refractivity contribution in [3.05, 3.63) is 291 Å². The summed E-state index contributed by atoms with van der Waals surface area (Å²) in [7, 11) is 0. The first-order valence-corrected chi connectivity index (χ1v) is 25.5. The maximum Gasteiger partial charge on any atom is 0.0541 e. The molecule has 2 nitrogen and oxygen atoms in total. The van der Waals surface area contributed by atoms with Gasteiger partial charge in [0, 0.05) is 32.9 Å². The molecule has 0 aliphatic carbocycles. The SMILES string of the molecule is c1ccc(-c2ccc(-n3c4ccccc4c4cc(-c5ccc6c(c5)c5ccccc5n6-c5cccc(-c6ccccc6-c6ccc(-c7cccc(-c8cccc(-c9ccccc9)c8)c7)cc6)c5)ccc43)cc2)cc1. The van der Waals surface area contributed by atoms with Crippen LogP contribution in [0.15, 0.2) is 291 Å². The van der Waals surface area contributed by atoms with Crippen molar-refractivity contribution < 1.29 is 0 Å². The van der Waals surface area contributed by atoms with E-state index in [0.29, 0.717) is 0 Å². The summed E-state index contributed by atoms with van der Waals surface area (Å²) < 4.78 is 4.83. The van der Waals surface area contributed by atoms with Gasteiger partial charge in [-0.25, -0.2) is 0 Å². The van der Waals surface area contributed by atoms with Crippen molar-refractivity contribution in [2.75, 3.05) is 0 Å². The number of nitrogens with zero attached hydrogens (tertiary/aromatic N) is 2. The molecule has 0 bridgehead atoms. The first kappa shape index (κ1) is 43.1. The van der Waals surface area contributed by atoms with E-state index in [1.54, 1.807) is 0 Å². The van der Waals surface area contributed by atoms with Crippen LogP contribution in [0.4, 0.5) is 0 Å². The maximum absolute atomic E-state index is 2.43. The van der Waals surface area contributed by atoms with E-state index < -0.39 is 0 Å². The van der Waals surface area contributed by atoms with Crippen molar-refractivity contribution in [2.45, 2.75) is 0 Å². The number of benzene rings is 12. The zero-order chi connectivity index (χ0) is 49.0. The van der Waals surface area contributed by atoms with Gasteiger partial charge >= 0.3 is 0 Å². The van der Waals surface area contributed by atoms with Crippen molar-refractivity contribution in [1.29, 1.82) is 0 Å². The molecule has 2 aromatic heterocycles. The molecule has 0 saturated carbocycles. The molecule has 0 N–H and O–H groups in total. The Kier molecular flexibility index (Phi) is 10.6. The van der Waals surface area contributed by atoms with E-state index in [0.717, 1.165) is 11.4 Å². The molecule has 0 aliphatic rings. The van der Waals surface area contributed by atoms with Gasteiger partial charge in [0.1, 0.15) is 0 Å². The summed E-state index contributed by atoms with van der Waals surface area (Å²) in [6.45, 7) is 0. The number of hydrogen-bond donors (Lipinski definition) is 0. The highest BCUT2D eigenvalue weighted by Gasteiger charge is 2.18. The molecule has 0 unspecified atom stereocenters. The van der Waals surface area contributed by atoms with Crippen molar-refractivity contribution in [2.24, 2.45) is 0 Å². The predicted molar refractivity (Wildman–Crippen MR) is 313 cm³/mol. The van der Waals surface area contributed by atoms with Crippen LogP contribution in [0, 0.1) is 0 Å². The van der Waals surface area contributed by atoms with Crippen LogP contribution in [-0.4, -0.2) is 9.13 Å². The summed E-state index contributed by atoms with van der Waals surface area (Å²) in [5, 5.41) is 4.96. The first-order chi connectivity index (χ1) is 36.7. The monoisotopic (exact) mass is 940 g/mol. The molecule has 2 heterocycles. The molecule has 2 heteroatoms. The Labute approximate surface area is 431 Å². The summed E-state index contributed by atoms with van der Waals surface area (Å²) in [6, 6.07) is 106. The van der Waals surface area contributed by atoms with Gasteiger partial charge < -0.3 is 9.13 Å². The molecule has 0 aliphatic heterocycles. The molecule has 0 saturated heterocycles. The predicted octanol–water partition coefficient (Wildman–Crippen LogP) is 19.5. The van der Waals surface area contributed by atoms with Crippen LogP contribution in [-0.2, 0) is 0 Å². The van der Waals surface area contributed by atoms with Crippen molar-refractivity contribution in [1.82, 2.24) is 9.13 Å². The van der Waals surface area contributed by atoms with Gasteiger partial charge in [0.25, 0.3) is 0 Å². The Morgan fingerprint density at radius 1 is 0.162 bits per heavy atom. The summed E-state index contributed by atoms with van der Waals surface area (Å²) in [5.41, 5.74) is 23.9. The third-order valence-electron chi connectivity index (χ3n) is 14.9. The van der Waals surface area contributed by atoms with Gasteiger partial charge in [0.05, 0.1) is 22.1 Å². The van der Waals surface area contributed by atoms with Crippen LogP contribution >= 0.6 is 0 Å². The van der Waals surface area contributed by atoms with E-state index in [4.69, 9.17) is 0 Å². The molecule has 14 aromatic rings. The standard InChI is InChI=1S/C72H48N2/c1-3-16-49(17-4-1)51-36-40-61(41-37-51)73-69-30-11-9-28-65(69)67-47-58(38-42-71(67)73)59-39-43-72-68(48-59)66-29-10-12-31-70(66)74(72)62-25-15-24-60(46-62)64-27-8-7-26-63(64)53-34-32-52(33-35-53)55-21-14-23-57(45-55)56-22-13-20-54(44-56)50-18-5-2-6-19-50/h1-48H. The van der Waals surface area contributed by atoms with E-state index in [-0.39, 0.29) is 0 Å². The molecule has 0 spiro atoms. The van der Waals surface area contributed by atoms with Crippen LogP contribution < -0.4 is 0 Å². The summed E-state index contributed by atoms with van der Waals surface area (Å²) in [6.07, 6.45) is 0. The Balaban J connectivity index is 0.786. The van der Waals surface area contributed by atoms with E-state index in [9.17, 15) is 0 Å². The summed E-state index contributed by atoms with van der Waals surface area (Å²) in [4.78, 5) is 0. The lowest BCUT2D eigenvalue weighted by Crippen LogP contribution is -1.95. The van der Waals surface area contributed by atoms with Gasteiger partial charge in [-0.05, 0) is 151 Å². The highest BCUT2D eigenvalue weighted by Crippen LogP contribution is 2.41. The third kappa shape index (κ3) is 7.60. The Hall–Kier alpha value is -9.76.